The first-order valence-electron chi connectivity index (χ1n) is 8.58. The Bertz CT molecular complexity index is 289. The topological polar surface area (TPSA) is 48.9 Å². The maximum Gasteiger partial charge on any atom is 0.191 e. The summed E-state index contributed by atoms with van der Waals surface area (Å²) in [5, 5.41) is 6.70. The van der Waals surface area contributed by atoms with E-state index in [1.165, 1.54) is 25.8 Å². The average molecular weight is 426 g/mol. The largest absolute Gasteiger partial charge is 0.381 e. The molecule has 1 fully saturated rings. The van der Waals surface area contributed by atoms with Crippen LogP contribution >= 0.6 is 24.0 Å². The minimum atomic E-state index is 0. The molecule has 0 bridgehead atoms. The molecule has 0 aliphatic carbocycles. The zero-order valence-electron chi connectivity index (χ0n) is 14.6. The lowest BCUT2D eigenvalue weighted by Crippen LogP contribution is -2.39. The van der Waals surface area contributed by atoms with Crippen molar-refractivity contribution in [2.75, 3.05) is 46.4 Å². The molecule has 22 heavy (non-hydrogen) atoms. The van der Waals surface area contributed by atoms with Gasteiger partial charge in [-0.15, -0.1) is 24.0 Å². The van der Waals surface area contributed by atoms with Crippen molar-refractivity contribution in [1.29, 1.82) is 0 Å². The van der Waals surface area contributed by atoms with E-state index in [9.17, 15) is 0 Å². The van der Waals surface area contributed by atoms with Crippen LogP contribution in [0.25, 0.3) is 0 Å². The summed E-state index contributed by atoms with van der Waals surface area (Å²) in [6.07, 6.45) is 5.95. The van der Waals surface area contributed by atoms with Gasteiger partial charge >= 0.3 is 0 Å². The maximum absolute atomic E-state index is 5.56. The molecule has 5 nitrogen and oxygen atoms in total. The lowest BCUT2D eigenvalue weighted by molar-refractivity contribution is 0.129. The van der Waals surface area contributed by atoms with Crippen LogP contribution < -0.4 is 10.6 Å². The first kappa shape index (κ1) is 21.9. The molecule has 132 valence electrons. The van der Waals surface area contributed by atoms with Crippen molar-refractivity contribution in [3.63, 3.8) is 0 Å². The molecule has 1 aliphatic rings. The summed E-state index contributed by atoms with van der Waals surface area (Å²) in [6, 6.07) is 0.609. The van der Waals surface area contributed by atoms with E-state index in [1.807, 2.05) is 0 Å². The summed E-state index contributed by atoms with van der Waals surface area (Å²) in [5.41, 5.74) is 0. The predicted molar refractivity (Wildman–Crippen MR) is 105 cm³/mol. The lowest BCUT2D eigenvalue weighted by Gasteiger charge is -2.18. The number of nitrogens with one attached hydrogen (secondary N) is 2. The summed E-state index contributed by atoms with van der Waals surface area (Å²) in [6.45, 7) is 9.92. The molecule has 0 spiro atoms. The van der Waals surface area contributed by atoms with E-state index in [4.69, 9.17) is 9.73 Å². The number of ether oxygens (including phenoxy) is 1. The first-order chi connectivity index (χ1) is 10.3. The molecule has 1 unspecified atom stereocenters. The highest BCUT2D eigenvalue weighted by Crippen LogP contribution is 2.14. The number of aliphatic imine (C=N–C) groups is 1. The van der Waals surface area contributed by atoms with Gasteiger partial charge in [-0.05, 0) is 46.2 Å². The molecule has 0 aromatic heterocycles. The zero-order chi connectivity index (χ0) is 15.3. The first-order valence-corrected chi connectivity index (χ1v) is 8.58. The minimum absolute atomic E-state index is 0. The second kappa shape index (κ2) is 14.5. The monoisotopic (exact) mass is 426 g/mol. The molecule has 0 amide bonds. The number of halogens is 1. The fraction of sp³-hybridized carbons (Fsp3) is 0.938. The molecule has 1 aliphatic heterocycles. The van der Waals surface area contributed by atoms with Gasteiger partial charge in [-0.25, -0.2) is 0 Å². The summed E-state index contributed by atoms with van der Waals surface area (Å²) in [7, 11) is 2.20. The molecule has 0 radical (unpaired) electrons. The molecule has 1 heterocycles. The van der Waals surface area contributed by atoms with Gasteiger partial charge in [-0.2, -0.15) is 0 Å². The molecule has 2 N–H and O–H groups in total. The summed E-state index contributed by atoms with van der Waals surface area (Å²) >= 11 is 0. The summed E-state index contributed by atoms with van der Waals surface area (Å²) in [5.74, 6) is 0.936. The number of hydrogen-bond donors (Lipinski definition) is 2. The van der Waals surface area contributed by atoms with Crippen molar-refractivity contribution >= 4 is 29.9 Å². The second-order valence-corrected chi connectivity index (χ2v) is 5.74. The van der Waals surface area contributed by atoms with Gasteiger partial charge in [0.1, 0.15) is 0 Å². The lowest BCUT2D eigenvalue weighted by atomic mass is 10.2. The molecule has 1 saturated heterocycles. The van der Waals surface area contributed by atoms with E-state index >= 15 is 0 Å². The van der Waals surface area contributed by atoms with Gasteiger partial charge in [0.15, 0.2) is 5.96 Å². The Labute approximate surface area is 153 Å². The van der Waals surface area contributed by atoms with E-state index in [0.717, 1.165) is 51.6 Å². The average Bonchev–Trinajstić information content (AvgIpc) is 2.89. The predicted octanol–water partition coefficient (Wildman–Crippen LogP) is 2.46. The highest BCUT2D eigenvalue weighted by Gasteiger charge is 2.20. The highest BCUT2D eigenvalue weighted by atomic mass is 127. The number of rotatable bonds is 10. The van der Waals surface area contributed by atoms with E-state index in [2.05, 4.69) is 36.4 Å². The molecular formula is C16H35IN4O. The molecular weight excluding hydrogens is 391 g/mol. The quantitative estimate of drug-likeness (QED) is 0.244. The van der Waals surface area contributed by atoms with E-state index in [-0.39, 0.29) is 24.0 Å². The SMILES string of the molecule is CCCCOCCCNC(=NCC1CCCN1C)NCC.I. The maximum atomic E-state index is 5.56. The Kier molecular flexibility index (Phi) is 14.5. The third kappa shape index (κ3) is 9.84. The number of hydrogen-bond acceptors (Lipinski definition) is 3. The molecule has 1 rings (SSSR count). The highest BCUT2D eigenvalue weighted by molar-refractivity contribution is 14.0. The van der Waals surface area contributed by atoms with Gasteiger partial charge < -0.3 is 20.3 Å². The van der Waals surface area contributed by atoms with Crippen molar-refractivity contribution in [2.24, 2.45) is 4.99 Å². The van der Waals surface area contributed by atoms with Crippen LogP contribution in [0, 0.1) is 0 Å². The van der Waals surface area contributed by atoms with E-state index < -0.39 is 0 Å². The summed E-state index contributed by atoms with van der Waals surface area (Å²) < 4.78 is 5.56. The minimum Gasteiger partial charge on any atom is -0.381 e. The van der Waals surface area contributed by atoms with Crippen molar-refractivity contribution in [3.05, 3.63) is 0 Å². The van der Waals surface area contributed by atoms with E-state index in [1.54, 1.807) is 0 Å². The van der Waals surface area contributed by atoms with Crippen molar-refractivity contribution in [2.45, 2.75) is 52.0 Å². The Morgan fingerprint density at radius 1 is 1.23 bits per heavy atom. The molecule has 0 aromatic carbocycles. The van der Waals surface area contributed by atoms with Crippen LogP contribution in [0.3, 0.4) is 0 Å². The van der Waals surface area contributed by atoms with Crippen LogP contribution in [0.2, 0.25) is 0 Å². The van der Waals surface area contributed by atoms with Crippen LogP contribution in [-0.4, -0.2) is 63.3 Å². The fourth-order valence-electron chi connectivity index (χ4n) is 2.48. The molecule has 6 heteroatoms. The molecule has 0 saturated carbocycles. The molecule has 0 aromatic rings. The Balaban J connectivity index is 0.00000441. The van der Waals surface area contributed by atoms with Gasteiger partial charge in [0, 0.05) is 32.3 Å². The van der Waals surface area contributed by atoms with E-state index in [0.29, 0.717) is 6.04 Å². The Hall–Kier alpha value is -0.0800. The standard InChI is InChI=1S/C16H34N4O.HI/c1-4-6-12-21-13-8-10-18-16(17-5-2)19-14-15-9-7-11-20(15)3;/h15H,4-14H2,1-3H3,(H2,17,18,19);1H. The molecule has 1 atom stereocenters. The Morgan fingerprint density at radius 3 is 2.64 bits per heavy atom. The zero-order valence-corrected chi connectivity index (χ0v) is 16.9. The smallest absolute Gasteiger partial charge is 0.191 e. The van der Waals surface area contributed by atoms with Gasteiger partial charge in [0.05, 0.1) is 6.54 Å². The Morgan fingerprint density at radius 2 is 2.00 bits per heavy atom. The van der Waals surface area contributed by atoms with Gasteiger partial charge in [-0.1, -0.05) is 13.3 Å². The van der Waals surface area contributed by atoms with Crippen LogP contribution in [0.1, 0.15) is 46.0 Å². The third-order valence-corrected chi connectivity index (χ3v) is 3.88. The van der Waals surface area contributed by atoms with Crippen LogP contribution in [0.5, 0.6) is 0 Å². The van der Waals surface area contributed by atoms with Gasteiger partial charge in [-0.3, -0.25) is 4.99 Å². The fourth-order valence-corrected chi connectivity index (χ4v) is 2.48. The number of guanidine groups is 1. The van der Waals surface area contributed by atoms with Gasteiger partial charge in [0.2, 0.25) is 0 Å². The van der Waals surface area contributed by atoms with Crippen molar-refractivity contribution in [3.8, 4) is 0 Å². The van der Waals surface area contributed by atoms with Crippen LogP contribution in [0.4, 0.5) is 0 Å². The second-order valence-electron chi connectivity index (χ2n) is 5.74. The number of nitrogens with zero attached hydrogens (tertiary/aromatic N) is 2. The van der Waals surface area contributed by atoms with Crippen LogP contribution in [0.15, 0.2) is 4.99 Å². The number of likely N-dealkylation sites (tertiary alicyclic amines) is 1. The normalized spacial score (nSPS) is 19.0. The number of likely N-dealkylation sites (N-methyl/N-ethyl adjacent to an activating group) is 1. The summed E-state index contributed by atoms with van der Waals surface area (Å²) in [4.78, 5) is 7.12. The number of unbranched alkanes of at least 4 members (excludes halogenated alkanes) is 1. The van der Waals surface area contributed by atoms with Crippen LogP contribution in [-0.2, 0) is 4.74 Å². The third-order valence-electron chi connectivity index (χ3n) is 3.88. The van der Waals surface area contributed by atoms with Gasteiger partial charge in [0.25, 0.3) is 0 Å². The van der Waals surface area contributed by atoms with Crippen molar-refractivity contribution in [1.82, 2.24) is 15.5 Å². The van der Waals surface area contributed by atoms with Crippen molar-refractivity contribution < 1.29 is 4.74 Å².